The van der Waals surface area contributed by atoms with Crippen LogP contribution in [0.25, 0.3) is 0 Å². The Kier molecular flexibility index (Phi) is 9.29. The maximum Gasteiger partial charge on any atom is 0.191 e. The van der Waals surface area contributed by atoms with Crippen LogP contribution in [0.15, 0.2) is 10.1 Å². The fourth-order valence-electron chi connectivity index (χ4n) is 3.40. The second-order valence-corrected chi connectivity index (χ2v) is 8.16. The molecule has 0 aromatic carbocycles. The lowest BCUT2D eigenvalue weighted by molar-refractivity contribution is 0.461. The van der Waals surface area contributed by atoms with Gasteiger partial charge in [0, 0.05) is 32.1 Å². The van der Waals surface area contributed by atoms with Gasteiger partial charge in [-0.1, -0.05) is 38.5 Å². The molecule has 0 radical (unpaired) electrons. The molecule has 2 N–H and O–H groups in total. The minimum absolute atomic E-state index is 0.598. The van der Waals surface area contributed by atoms with E-state index in [1.54, 1.807) is 11.8 Å². The maximum absolute atomic E-state index is 4.71. The number of rotatable bonds is 10. The van der Waals surface area contributed by atoms with Gasteiger partial charge in [-0.3, -0.25) is 4.99 Å². The molecule has 0 atom stereocenters. The number of guanidine groups is 1. The summed E-state index contributed by atoms with van der Waals surface area (Å²) in [6, 6.07) is 0.598. The molecule has 26 heavy (non-hydrogen) atoms. The Morgan fingerprint density at radius 2 is 2.04 bits per heavy atom. The Labute approximate surface area is 163 Å². The number of nitrogens with one attached hydrogen (secondary N) is 2. The maximum atomic E-state index is 4.71. The molecule has 1 aromatic heterocycles. The summed E-state index contributed by atoms with van der Waals surface area (Å²) in [4.78, 5) is 4.71. The van der Waals surface area contributed by atoms with Gasteiger partial charge in [0.1, 0.15) is 5.82 Å². The number of nitrogens with zero attached hydrogens (tertiary/aromatic N) is 4. The van der Waals surface area contributed by atoms with Crippen molar-refractivity contribution in [1.29, 1.82) is 0 Å². The summed E-state index contributed by atoms with van der Waals surface area (Å²) in [5, 5.41) is 16.7. The Morgan fingerprint density at radius 1 is 1.27 bits per heavy atom. The van der Waals surface area contributed by atoms with E-state index in [9.17, 15) is 0 Å². The summed E-state index contributed by atoms with van der Waals surface area (Å²) in [6.45, 7) is 9.26. The lowest BCUT2D eigenvalue weighted by Crippen LogP contribution is -2.38. The molecule has 148 valence electrons. The highest BCUT2D eigenvalue weighted by Crippen LogP contribution is 2.33. The number of aliphatic imine (C=N–C) groups is 1. The van der Waals surface area contributed by atoms with E-state index >= 15 is 0 Å². The lowest BCUT2D eigenvalue weighted by Gasteiger charge is -2.16. The second kappa shape index (κ2) is 11.5. The second-order valence-electron chi connectivity index (χ2n) is 7.38. The molecule has 0 amide bonds. The molecule has 1 aromatic rings. The molecule has 1 saturated carbocycles. The van der Waals surface area contributed by atoms with E-state index in [2.05, 4.69) is 52.4 Å². The van der Waals surface area contributed by atoms with Crippen LogP contribution in [-0.2, 0) is 6.42 Å². The van der Waals surface area contributed by atoms with Gasteiger partial charge in [0.25, 0.3) is 0 Å². The van der Waals surface area contributed by atoms with Gasteiger partial charge in [0.05, 0.1) is 0 Å². The third-order valence-corrected chi connectivity index (χ3v) is 5.44. The molecule has 1 fully saturated rings. The van der Waals surface area contributed by atoms with Crippen molar-refractivity contribution in [1.82, 2.24) is 25.4 Å². The summed E-state index contributed by atoms with van der Waals surface area (Å²) in [6.07, 6.45) is 10.4. The quantitative estimate of drug-likeness (QED) is 0.281. The zero-order chi connectivity index (χ0) is 18.8. The van der Waals surface area contributed by atoms with Gasteiger partial charge < -0.3 is 15.2 Å². The molecule has 1 aliphatic rings. The molecule has 0 unspecified atom stereocenters. The third-order valence-electron chi connectivity index (χ3n) is 4.79. The Hall–Kier alpha value is -1.24. The molecule has 0 spiro atoms. The van der Waals surface area contributed by atoms with Gasteiger partial charge >= 0.3 is 0 Å². The van der Waals surface area contributed by atoms with Crippen molar-refractivity contribution in [2.24, 2.45) is 10.9 Å². The third kappa shape index (κ3) is 6.49. The van der Waals surface area contributed by atoms with E-state index in [0.29, 0.717) is 12.0 Å². The molecule has 7 heteroatoms. The largest absolute Gasteiger partial charge is 0.357 e. The first kappa shape index (κ1) is 21.1. The zero-order valence-corrected chi connectivity index (χ0v) is 17.7. The standard InChI is InChI=1S/C19H36N6S/c1-5-20-18(22-14-12-15(2)3)21-13-8-11-17-23-24-19(26-4)25(17)16-9-6-7-10-16/h15-16H,5-14H2,1-4H3,(H2,20,21,22). The van der Waals surface area contributed by atoms with Gasteiger partial charge in [0.15, 0.2) is 11.1 Å². The Balaban J connectivity index is 1.86. The van der Waals surface area contributed by atoms with Crippen molar-refractivity contribution >= 4 is 17.7 Å². The van der Waals surface area contributed by atoms with E-state index in [-0.39, 0.29) is 0 Å². The van der Waals surface area contributed by atoms with Gasteiger partial charge in [0.2, 0.25) is 0 Å². The first-order valence-corrected chi connectivity index (χ1v) is 11.4. The van der Waals surface area contributed by atoms with E-state index in [1.807, 2.05) is 0 Å². The van der Waals surface area contributed by atoms with E-state index in [1.165, 1.54) is 25.7 Å². The van der Waals surface area contributed by atoms with Gasteiger partial charge in [-0.05, 0) is 44.8 Å². The van der Waals surface area contributed by atoms with Crippen molar-refractivity contribution in [3.63, 3.8) is 0 Å². The topological polar surface area (TPSA) is 67.1 Å². The van der Waals surface area contributed by atoms with Crippen molar-refractivity contribution < 1.29 is 0 Å². The number of thioether (sulfide) groups is 1. The molecule has 0 aliphatic heterocycles. The van der Waals surface area contributed by atoms with Crippen LogP contribution in [0.2, 0.25) is 0 Å². The van der Waals surface area contributed by atoms with Crippen LogP contribution < -0.4 is 10.6 Å². The number of aryl methyl sites for hydroxylation is 1. The highest BCUT2D eigenvalue weighted by Gasteiger charge is 2.23. The highest BCUT2D eigenvalue weighted by molar-refractivity contribution is 7.98. The smallest absolute Gasteiger partial charge is 0.191 e. The monoisotopic (exact) mass is 380 g/mol. The van der Waals surface area contributed by atoms with Gasteiger partial charge in [-0.15, -0.1) is 10.2 Å². The Morgan fingerprint density at radius 3 is 2.69 bits per heavy atom. The van der Waals surface area contributed by atoms with Gasteiger partial charge in [-0.25, -0.2) is 0 Å². The van der Waals surface area contributed by atoms with Crippen LogP contribution in [0.5, 0.6) is 0 Å². The molecule has 1 aliphatic carbocycles. The molecule has 6 nitrogen and oxygen atoms in total. The number of hydrogen-bond acceptors (Lipinski definition) is 4. The summed E-state index contributed by atoms with van der Waals surface area (Å²) < 4.78 is 2.40. The van der Waals surface area contributed by atoms with E-state index in [4.69, 9.17) is 4.99 Å². The van der Waals surface area contributed by atoms with Crippen molar-refractivity contribution in [2.45, 2.75) is 76.9 Å². The SMILES string of the molecule is CCNC(=NCCCc1nnc(SC)n1C1CCCC1)NCCC(C)C. The van der Waals surface area contributed by atoms with Crippen LogP contribution in [0.3, 0.4) is 0 Å². The summed E-state index contributed by atoms with van der Waals surface area (Å²) >= 11 is 1.71. The average molecular weight is 381 g/mol. The van der Waals surface area contributed by atoms with Crippen LogP contribution in [0.4, 0.5) is 0 Å². The fourth-order valence-corrected chi connectivity index (χ4v) is 3.97. The van der Waals surface area contributed by atoms with Crippen LogP contribution in [0, 0.1) is 5.92 Å². The minimum atomic E-state index is 0.598. The van der Waals surface area contributed by atoms with Crippen LogP contribution in [0.1, 0.15) is 71.2 Å². The molecular formula is C19H36N6S. The van der Waals surface area contributed by atoms with E-state index in [0.717, 1.165) is 55.8 Å². The number of aromatic nitrogens is 3. The predicted octanol–water partition coefficient (Wildman–Crippen LogP) is 3.65. The molecular weight excluding hydrogens is 344 g/mol. The molecule has 0 saturated heterocycles. The zero-order valence-electron chi connectivity index (χ0n) is 16.9. The first-order valence-electron chi connectivity index (χ1n) is 10.2. The summed E-state index contributed by atoms with van der Waals surface area (Å²) in [7, 11) is 0. The first-order chi connectivity index (χ1) is 12.7. The average Bonchev–Trinajstić information content (AvgIpc) is 3.27. The lowest BCUT2D eigenvalue weighted by atomic mass is 10.1. The van der Waals surface area contributed by atoms with Gasteiger partial charge in [-0.2, -0.15) is 0 Å². The predicted molar refractivity (Wildman–Crippen MR) is 111 cm³/mol. The number of hydrogen-bond donors (Lipinski definition) is 2. The van der Waals surface area contributed by atoms with Crippen LogP contribution in [-0.4, -0.2) is 46.6 Å². The summed E-state index contributed by atoms with van der Waals surface area (Å²) in [5.41, 5.74) is 0. The molecule has 2 rings (SSSR count). The molecule has 1 heterocycles. The minimum Gasteiger partial charge on any atom is -0.357 e. The summed E-state index contributed by atoms with van der Waals surface area (Å²) in [5.74, 6) is 2.77. The van der Waals surface area contributed by atoms with E-state index < -0.39 is 0 Å². The fraction of sp³-hybridized carbons (Fsp3) is 0.842. The van der Waals surface area contributed by atoms with Crippen LogP contribution >= 0.6 is 11.8 Å². The van der Waals surface area contributed by atoms with Crippen molar-refractivity contribution in [3.8, 4) is 0 Å². The molecule has 0 bridgehead atoms. The highest BCUT2D eigenvalue weighted by atomic mass is 32.2. The normalized spacial score (nSPS) is 15.8. The Bertz CT molecular complexity index is 548. The van der Waals surface area contributed by atoms with Crippen molar-refractivity contribution in [3.05, 3.63) is 5.82 Å². The van der Waals surface area contributed by atoms with Crippen molar-refractivity contribution in [2.75, 3.05) is 25.9 Å².